The van der Waals surface area contributed by atoms with Crippen molar-refractivity contribution in [2.45, 2.75) is 18.9 Å². The molecule has 0 fully saturated rings. The second-order valence-electron chi connectivity index (χ2n) is 3.33. The number of halogens is 1. The van der Waals surface area contributed by atoms with Gasteiger partial charge in [-0.1, -0.05) is 34.1 Å². The number of hydrogen-bond donors (Lipinski definition) is 1. The van der Waals surface area contributed by atoms with Gasteiger partial charge in [0.2, 0.25) is 0 Å². The van der Waals surface area contributed by atoms with E-state index in [2.05, 4.69) is 34.1 Å². The molecule has 1 aromatic rings. The molecule has 1 aliphatic carbocycles. The summed E-state index contributed by atoms with van der Waals surface area (Å²) < 4.78 is 1.09. The first-order valence-corrected chi connectivity index (χ1v) is 5.18. The molecule has 0 unspecified atom stereocenters. The van der Waals surface area contributed by atoms with E-state index >= 15 is 0 Å². The molecule has 0 heterocycles. The van der Waals surface area contributed by atoms with Gasteiger partial charge >= 0.3 is 0 Å². The lowest BCUT2D eigenvalue weighted by molar-refractivity contribution is 0.191. The number of hydrogen-bond acceptors (Lipinski definition) is 1. The minimum Gasteiger partial charge on any atom is -0.392 e. The van der Waals surface area contributed by atoms with Crippen molar-refractivity contribution in [3.63, 3.8) is 0 Å². The maximum Gasteiger partial charge on any atom is 0.0615 e. The molecule has 0 aromatic heterocycles. The Hall–Kier alpha value is -0.600. The van der Waals surface area contributed by atoms with E-state index in [1.165, 1.54) is 11.1 Å². The Morgan fingerprint density at radius 3 is 2.46 bits per heavy atom. The van der Waals surface area contributed by atoms with Gasteiger partial charge in [0, 0.05) is 4.47 Å². The summed E-state index contributed by atoms with van der Waals surface area (Å²) in [7, 11) is 0. The van der Waals surface area contributed by atoms with Crippen molar-refractivity contribution < 1.29 is 5.11 Å². The summed E-state index contributed by atoms with van der Waals surface area (Å²) in [6.45, 7) is 0. The van der Waals surface area contributed by atoms with Crippen molar-refractivity contribution in [3.8, 4) is 0 Å². The fourth-order valence-corrected chi connectivity index (χ4v) is 1.86. The van der Waals surface area contributed by atoms with Crippen LogP contribution < -0.4 is 0 Å². The van der Waals surface area contributed by atoms with Gasteiger partial charge in [-0.3, -0.25) is 0 Å². The van der Waals surface area contributed by atoms with Gasteiger partial charge in [-0.15, -0.1) is 0 Å². The third-order valence-corrected chi connectivity index (χ3v) is 2.84. The standard InChI is InChI=1S/C11H11BrO/c12-10-4-1-8(2-5-10)9-3-6-11(13)7-9/h1-5,11,13H,6-7H2/t11-/m1/s1. The van der Waals surface area contributed by atoms with Gasteiger partial charge in [0.15, 0.2) is 0 Å². The van der Waals surface area contributed by atoms with Crippen molar-refractivity contribution in [3.05, 3.63) is 40.4 Å². The Bertz CT molecular complexity index is 326. The second kappa shape index (κ2) is 3.64. The lowest BCUT2D eigenvalue weighted by Crippen LogP contribution is -1.98. The molecule has 68 valence electrons. The normalized spacial score (nSPS) is 21.7. The van der Waals surface area contributed by atoms with Gasteiger partial charge in [-0.2, -0.15) is 0 Å². The van der Waals surface area contributed by atoms with Gasteiger partial charge in [-0.25, -0.2) is 0 Å². The van der Waals surface area contributed by atoms with Crippen molar-refractivity contribution in [2.75, 3.05) is 0 Å². The Morgan fingerprint density at radius 2 is 1.92 bits per heavy atom. The van der Waals surface area contributed by atoms with Gasteiger partial charge in [0.05, 0.1) is 6.10 Å². The SMILES string of the molecule is O[C@@H]1CC=C(c2ccc(Br)cc2)C1. The summed E-state index contributed by atoms with van der Waals surface area (Å²) >= 11 is 3.40. The summed E-state index contributed by atoms with van der Waals surface area (Å²) in [5.74, 6) is 0. The van der Waals surface area contributed by atoms with Crippen molar-refractivity contribution in [1.82, 2.24) is 0 Å². The lowest BCUT2D eigenvalue weighted by atomic mass is 10.1. The van der Waals surface area contributed by atoms with Crippen LogP contribution in [-0.4, -0.2) is 11.2 Å². The quantitative estimate of drug-likeness (QED) is 0.798. The predicted molar refractivity (Wildman–Crippen MR) is 57.4 cm³/mol. The molecule has 0 amide bonds. The molecule has 1 atom stereocenters. The van der Waals surface area contributed by atoms with E-state index in [0.29, 0.717) is 0 Å². The molecule has 1 aromatic carbocycles. The van der Waals surface area contributed by atoms with E-state index in [0.717, 1.165) is 17.3 Å². The molecule has 0 bridgehead atoms. The third-order valence-electron chi connectivity index (χ3n) is 2.31. The van der Waals surface area contributed by atoms with Crippen molar-refractivity contribution in [1.29, 1.82) is 0 Å². The van der Waals surface area contributed by atoms with Crippen LogP contribution in [0.1, 0.15) is 18.4 Å². The molecule has 2 heteroatoms. The summed E-state index contributed by atoms with van der Waals surface area (Å²) in [5, 5.41) is 9.35. The van der Waals surface area contributed by atoms with Crippen LogP contribution in [0, 0.1) is 0 Å². The molecule has 0 spiro atoms. The minimum absolute atomic E-state index is 0.168. The highest BCUT2D eigenvalue weighted by atomic mass is 79.9. The van der Waals surface area contributed by atoms with E-state index in [-0.39, 0.29) is 6.10 Å². The van der Waals surface area contributed by atoms with Crippen LogP contribution in [0.4, 0.5) is 0 Å². The summed E-state index contributed by atoms with van der Waals surface area (Å²) in [4.78, 5) is 0. The zero-order valence-electron chi connectivity index (χ0n) is 7.20. The van der Waals surface area contributed by atoms with Crippen molar-refractivity contribution in [2.24, 2.45) is 0 Å². The molecule has 0 aliphatic heterocycles. The maximum absolute atomic E-state index is 9.35. The molecule has 13 heavy (non-hydrogen) atoms. The van der Waals surface area contributed by atoms with Crippen LogP contribution in [0.2, 0.25) is 0 Å². The Labute approximate surface area is 86.2 Å². The average molecular weight is 239 g/mol. The molecule has 0 saturated carbocycles. The minimum atomic E-state index is -0.168. The lowest BCUT2D eigenvalue weighted by Gasteiger charge is -2.03. The zero-order chi connectivity index (χ0) is 9.26. The highest BCUT2D eigenvalue weighted by Gasteiger charge is 2.14. The van der Waals surface area contributed by atoms with Crippen LogP contribution in [0.5, 0.6) is 0 Å². The van der Waals surface area contributed by atoms with Gasteiger partial charge in [-0.05, 0) is 36.1 Å². The van der Waals surface area contributed by atoms with E-state index in [1.807, 2.05) is 12.1 Å². The monoisotopic (exact) mass is 238 g/mol. The summed E-state index contributed by atoms with van der Waals surface area (Å²) in [5.41, 5.74) is 2.49. The molecule has 1 nitrogen and oxygen atoms in total. The van der Waals surface area contributed by atoms with E-state index in [9.17, 15) is 5.11 Å². The molecular formula is C11H11BrO. The van der Waals surface area contributed by atoms with Gasteiger partial charge in [0.25, 0.3) is 0 Å². The summed E-state index contributed by atoms with van der Waals surface area (Å²) in [6, 6.07) is 8.21. The first-order chi connectivity index (χ1) is 6.25. The van der Waals surface area contributed by atoms with E-state index < -0.39 is 0 Å². The molecule has 0 saturated heterocycles. The largest absolute Gasteiger partial charge is 0.392 e. The van der Waals surface area contributed by atoms with Crippen LogP contribution in [0.3, 0.4) is 0 Å². The van der Waals surface area contributed by atoms with E-state index in [1.54, 1.807) is 0 Å². The first kappa shape index (κ1) is 8.97. The van der Waals surface area contributed by atoms with Crippen LogP contribution in [0.25, 0.3) is 5.57 Å². The van der Waals surface area contributed by atoms with Crippen LogP contribution >= 0.6 is 15.9 Å². The highest BCUT2D eigenvalue weighted by molar-refractivity contribution is 9.10. The van der Waals surface area contributed by atoms with Crippen LogP contribution in [0.15, 0.2) is 34.8 Å². The van der Waals surface area contributed by atoms with E-state index in [4.69, 9.17) is 0 Å². The van der Waals surface area contributed by atoms with Crippen LogP contribution in [-0.2, 0) is 0 Å². The molecule has 1 aliphatic rings. The molecular weight excluding hydrogens is 228 g/mol. The fourth-order valence-electron chi connectivity index (χ4n) is 1.60. The second-order valence-corrected chi connectivity index (χ2v) is 4.25. The topological polar surface area (TPSA) is 20.2 Å². The number of benzene rings is 1. The fraction of sp³-hybridized carbons (Fsp3) is 0.273. The number of rotatable bonds is 1. The first-order valence-electron chi connectivity index (χ1n) is 4.39. The molecule has 1 N–H and O–H groups in total. The number of aliphatic hydroxyl groups is 1. The Morgan fingerprint density at radius 1 is 1.23 bits per heavy atom. The van der Waals surface area contributed by atoms with Crippen molar-refractivity contribution >= 4 is 21.5 Å². The smallest absolute Gasteiger partial charge is 0.0615 e. The maximum atomic E-state index is 9.35. The van der Waals surface area contributed by atoms with Gasteiger partial charge < -0.3 is 5.11 Å². The zero-order valence-corrected chi connectivity index (χ0v) is 8.79. The predicted octanol–water partition coefficient (Wildman–Crippen LogP) is 2.99. The average Bonchev–Trinajstić information content (AvgIpc) is 2.53. The highest BCUT2D eigenvalue weighted by Crippen LogP contribution is 2.28. The molecule has 0 radical (unpaired) electrons. The Kier molecular flexibility index (Phi) is 2.51. The Balaban J connectivity index is 2.22. The molecule has 2 rings (SSSR count). The summed E-state index contributed by atoms with van der Waals surface area (Å²) in [6.07, 6.45) is 3.54. The van der Waals surface area contributed by atoms with Gasteiger partial charge in [0.1, 0.15) is 0 Å². The number of aliphatic hydroxyl groups excluding tert-OH is 1. The third kappa shape index (κ3) is 2.01.